The number of aliphatic hydroxyl groups excluding tert-OH is 1. The smallest absolute Gasteiger partial charge is 0.123 e. The minimum atomic E-state index is -0.365. The Labute approximate surface area is 131 Å². The summed E-state index contributed by atoms with van der Waals surface area (Å²) in [6, 6.07) is 17.1. The standard InChI is InChI=1S/C19H22FNO/c1-14(22)18-12-21(11-15-5-3-2-4-6-15)13-19(18)16-7-9-17(20)10-8-16/h2-10,14,18-19,22H,11-13H2,1H3/t14-,18+,19+/m0/s1. The van der Waals surface area contributed by atoms with Crippen LogP contribution in [0.3, 0.4) is 0 Å². The second-order valence-electron chi connectivity index (χ2n) is 6.24. The lowest BCUT2D eigenvalue weighted by Gasteiger charge is -2.21. The van der Waals surface area contributed by atoms with E-state index in [2.05, 4.69) is 29.2 Å². The Bertz CT molecular complexity index is 597. The summed E-state index contributed by atoms with van der Waals surface area (Å²) >= 11 is 0. The fourth-order valence-corrected chi connectivity index (χ4v) is 3.44. The summed E-state index contributed by atoms with van der Waals surface area (Å²) in [5.74, 6) is 0.231. The number of hydrogen-bond donors (Lipinski definition) is 1. The van der Waals surface area contributed by atoms with Gasteiger partial charge in [-0.1, -0.05) is 42.5 Å². The zero-order chi connectivity index (χ0) is 15.5. The second-order valence-corrected chi connectivity index (χ2v) is 6.24. The highest BCUT2D eigenvalue weighted by molar-refractivity contribution is 5.24. The molecule has 0 amide bonds. The average Bonchev–Trinajstić information content (AvgIpc) is 2.93. The minimum absolute atomic E-state index is 0.189. The Balaban J connectivity index is 1.76. The lowest BCUT2D eigenvalue weighted by atomic mass is 9.86. The molecule has 0 radical (unpaired) electrons. The van der Waals surface area contributed by atoms with Crippen LogP contribution in [0.5, 0.6) is 0 Å². The first-order valence-electron chi connectivity index (χ1n) is 7.83. The Morgan fingerprint density at radius 3 is 2.41 bits per heavy atom. The molecular formula is C19H22FNO. The first kappa shape index (κ1) is 15.2. The molecule has 0 spiro atoms. The molecule has 3 heteroatoms. The van der Waals surface area contributed by atoms with Gasteiger partial charge < -0.3 is 5.11 Å². The monoisotopic (exact) mass is 299 g/mol. The SMILES string of the molecule is C[C@H](O)[C@H]1CN(Cc2ccccc2)C[C@@H]1c1ccc(F)cc1. The molecule has 2 nitrogen and oxygen atoms in total. The highest BCUT2D eigenvalue weighted by Gasteiger charge is 2.36. The topological polar surface area (TPSA) is 23.5 Å². The predicted octanol–water partition coefficient (Wildman–Crippen LogP) is 3.42. The lowest BCUT2D eigenvalue weighted by Crippen LogP contribution is -2.25. The quantitative estimate of drug-likeness (QED) is 0.935. The van der Waals surface area contributed by atoms with Crippen LogP contribution in [0.2, 0.25) is 0 Å². The number of rotatable bonds is 4. The summed E-state index contributed by atoms with van der Waals surface area (Å²) < 4.78 is 13.1. The minimum Gasteiger partial charge on any atom is -0.393 e. The van der Waals surface area contributed by atoms with E-state index in [1.165, 1.54) is 17.7 Å². The zero-order valence-corrected chi connectivity index (χ0v) is 12.8. The van der Waals surface area contributed by atoms with Gasteiger partial charge in [0.2, 0.25) is 0 Å². The van der Waals surface area contributed by atoms with Gasteiger partial charge in [0.15, 0.2) is 0 Å². The predicted molar refractivity (Wildman–Crippen MR) is 86.0 cm³/mol. The van der Waals surface area contributed by atoms with Crippen molar-refractivity contribution in [3.8, 4) is 0 Å². The Morgan fingerprint density at radius 2 is 1.77 bits per heavy atom. The van der Waals surface area contributed by atoms with Crippen LogP contribution >= 0.6 is 0 Å². The van der Waals surface area contributed by atoms with Gasteiger partial charge in [0.05, 0.1) is 6.10 Å². The van der Waals surface area contributed by atoms with Crippen molar-refractivity contribution in [3.63, 3.8) is 0 Å². The molecule has 2 aromatic rings. The third kappa shape index (κ3) is 3.37. The Kier molecular flexibility index (Phi) is 4.55. The van der Waals surface area contributed by atoms with E-state index in [0.29, 0.717) is 0 Å². The largest absolute Gasteiger partial charge is 0.393 e. The van der Waals surface area contributed by atoms with Gasteiger partial charge in [-0.05, 0) is 30.2 Å². The number of likely N-dealkylation sites (tertiary alicyclic amines) is 1. The number of aliphatic hydroxyl groups is 1. The van der Waals surface area contributed by atoms with E-state index in [4.69, 9.17) is 0 Å². The molecular weight excluding hydrogens is 277 g/mol. The van der Waals surface area contributed by atoms with Gasteiger partial charge in [-0.3, -0.25) is 4.90 Å². The van der Waals surface area contributed by atoms with Crippen molar-refractivity contribution in [3.05, 3.63) is 71.5 Å². The van der Waals surface area contributed by atoms with Gasteiger partial charge in [0, 0.05) is 31.5 Å². The maximum absolute atomic E-state index is 13.1. The fourth-order valence-electron chi connectivity index (χ4n) is 3.44. The van der Waals surface area contributed by atoms with Gasteiger partial charge >= 0.3 is 0 Å². The van der Waals surface area contributed by atoms with Crippen molar-refractivity contribution in [1.29, 1.82) is 0 Å². The van der Waals surface area contributed by atoms with Crippen LogP contribution in [0.1, 0.15) is 24.0 Å². The molecule has 116 valence electrons. The highest BCUT2D eigenvalue weighted by atomic mass is 19.1. The molecule has 1 aliphatic rings. The van der Waals surface area contributed by atoms with E-state index in [9.17, 15) is 9.50 Å². The van der Waals surface area contributed by atoms with Crippen molar-refractivity contribution in [2.24, 2.45) is 5.92 Å². The third-order valence-electron chi connectivity index (χ3n) is 4.61. The summed E-state index contributed by atoms with van der Waals surface area (Å²) in [4.78, 5) is 2.38. The van der Waals surface area contributed by atoms with Gasteiger partial charge in [0.1, 0.15) is 5.82 Å². The van der Waals surface area contributed by atoms with E-state index in [1.807, 2.05) is 25.1 Å². The van der Waals surface area contributed by atoms with Gasteiger partial charge in [0.25, 0.3) is 0 Å². The zero-order valence-electron chi connectivity index (χ0n) is 12.8. The molecule has 1 aliphatic heterocycles. The molecule has 1 fully saturated rings. The number of benzene rings is 2. The number of halogens is 1. The molecule has 3 atom stereocenters. The first-order chi connectivity index (χ1) is 10.6. The lowest BCUT2D eigenvalue weighted by molar-refractivity contribution is 0.120. The molecule has 0 bridgehead atoms. The molecule has 0 aromatic heterocycles. The van der Waals surface area contributed by atoms with Crippen LogP contribution in [-0.2, 0) is 6.54 Å². The average molecular weight is 299 g/mol. The van der Waals surface area contributed by atoms with Crippen molar-refractivity contribution in [1.82, 2.24) is 4.90 Å². The molecule has 3 rings (SSSR count). The highest BCUT2D eigenvalue weighted by Crippen LogP contribution is 2.35. The van der Waals surface area contributed by atoms with E-state index in [1.54, 1.807) is 0 Å². The van der Waals surface area contributed by atoms with Crippen LogP contribution in [0.25, 0.3) is 0 Å². The van der Waals surface area contributed by atoms with Crippen molar-refractivity contribution >= 4 is 0 Å². The van der Waals surface area contributed by atoms with E-state index in [0.717, 1.165) is 25.2 Å². The maximum Gasteiger partial charge on any atom is 0.123 e. The van der Waals surface area contributed by atoms with Crippen molar-refractivity contribution in [2.75, 3.05) is 13.1 Å². The fraction of sp³-hybridized carbons (Fsp3) is 0.368. The first-order valence-corrected chi connectivity index (χ1v) is 7.83. The third-order valence-corrected chi connectivity index (χ3v) is 4.61. The second kappa shape index (κ2) is 6.59. The van der Waals surface area contributed by atoms with Gasteiger partial charge in [-0.25, -0.2) is 4.39 Å². The molecule has 1 saturated heterocycles. The summed E-state index contributed by atoms with van der Waals surface area (Å²) in [5, 5.41) is 10.1. The normalized spacial score (nSPS) is 23.6. The number of hydrogen-bond acceptors (Lipinski definition) is 2. The molecule has 0 unspecified atom stereocenters. The molecule has 1 heterocycles. The van der Waals surface area contributed by atoms with E-state index >= 15 is 0 Å². The Morgan fingerprint density at radius 1 is 1.09 bits per heavy atom. The van der Waals surface area contributed by atoms with Crippen molar-refractivity contribution < 1.29 is 9.50 Å². The summed E-state index contributed by atoms with van der Waals surface area (Å²) in [7, 11) is 0. The Hall–Kier alpha value is -1.71. The summed E-state index contributed by atoms with van der Waals surface area (Å²) in [6.45, 7) is 4.51. The molecule has 0 aliphatic carbocycles. The molecule has 22 heavy (non-hydrogen) atoms. The van der Waals surface area contributed by atoms with E-state index < -0.39 is 0 Å². The van der Waals surface area contributed by atoms with E-state index in [-0.39, 0.29) is 23.8 Å². The van der Waals surface area contributed by atoms with Gasteiger partial charge in [-0.15, -0.1) is 0 Å². The summed E-state index contributed by atoms with van der Waals surface area (Å²) in [5.41, 5.74) is 2.40. The van der Waals surface area contributed by atoms with Crippen LogP contribution in [0, 0.1) is 11.7 Å². The molecule has 1 N–H and O–H groups in total. The van der Waals surface area contributed by atoms with Crippen LogP contribution in [0.15, 0.2) is 54.6 Å². The summed E-state index contributed by atoms with van der Waals surface area (Å²) in [6.07, 6.45) is -0.365. The number of nitrogens with zero attached hydrogens (tertiary/aromatic N) is 1. The van der Waals surface area contributed by atoms with Crippen LogP contribution in [0.4, 0.5) is 4.39 Å². The van der Waals surface area contributed by atoms with Crippen molar-refractivity contribution in [2.45, 2.75) is 25.5 Å². The maximum atomic E-state index is 13.1. The molecule has 0 saturated carbocycles. The van der Waals surface area contributed by atoms with Crippen LogP contribution in [-0.4, -0.2) is 29.2 Å². The van der Waals surface area contributed by atoms with Gasteiger partial charge in [-0.2, -0.15) is 0 Å². The molecule has 2 aromatic carbocycles. The van der Waals surface area contributed by atoms with Crippen LogP contribution < -0.4 is 0 Å².